The van der Waals surface area contributed by atoms with Gasteiger partial charge < -0.3 is 5.73 Å². The Balaban J connectivity index is 2.09. The van der Waals surface area contributed by atoms with Crippen molar-refractivity contribution in [3.8, 4) is 0 Å². The van der Waals surface area contributed by atoms with Crippen molar-refractivity contribution in [1.82, 2.24) is 9.97 Å². The lowest BCUT2D eigenvalue weighted by Crippen LogP contribution is -2.15. The van der Waals surface area contributed by atoms with Gasteiger partial charge in [-0.25, -0.2) is 4.98 Å². The third-order valence-electron chi connectivity index (χ3n) is 2.10. The van der Waals surface area contributed by atoms with Gasteiger partial charge in [-0.05, 0) is 5.56 Å². The highest BCUT2D eigenvalue weighted by Gasteiger charge is 1.98. The fraction of sp³-hybridized carbons (Fsp3) is 0.0833. The Morgan fingerprint density at radius 3 is 2.69 bits per heavy atom. The molecule has 1 aromatic heterocycles. The number of amidine groups is 1. The molecule has 0 saturated heterocycles. The standard InChI is InChI=1S/C12H12N4/c13-12(11-9-14-6-7-15-11)16-8-10-4-2-1-3-5-10/h1-7,9H,8H2,(H2,13,16). The van der Waals surface area contributed by atoms with Gasteiger partial charge in [0.25, 0.3) is 0 Å². The predicted molar refractivity (Wildman–Crippen MR) is 62.9 cm³/mol. The van der Waals surface area contributed by atoms with Gasteiger partial charge in [0, 0.05) is 12.4 Å². The van der Waals surface area contributed by atoms with E-state index in [-0.39, 0.29) is 0 Å². The Morgan fingerprint density at radius 1 is 1.19 bits per heavy atom. The molecule has 0 aliphatic rings. The van der Waals surface area contributed by atoms with Crippen molar-refractivity contribution in [1.29, 1.82) is 0 Å². The summed E-state index contributed by atoms with van der Waals surface area (Å²) in [4.78, 5) is 12.3. The molecule has 1 heterocycles. The number of benzene rings is 1. The molecule has 2 rings (SSSR count). The molecule has 0 saturated carbocycles. The van der Waals surface area contributed by atoms with Crippen LogP contribution in [0.3, 0.4) is 0 Å². The van der Waals surface area contributed by atoms with Crippen LogP contribution in [0.2, 0.25) is 0 Å². The maximum absolute atomic E-state index is 5.79. The summed E-state index contributed by atoms with van der Waals surface area (Å²) in [5.74, 6) is 0.414. The van der Waals surface area contributed by atoms with Crippen LogP contribution < -0.4 is 5.73 Å². The minimum Gasteiger partial charge on any atom is -0.382 e. The van der Waals surface area contributed by atoms with Gasteiger partial charge in [0.1, 0.15) is 11.5 Å². The molecule has 0 fully saturated rings. The molecule has 4 nitrogen and oxygen atoms in total. The Labute approximate surface area is 93.9 Å². The molecule has 4 heteroatoms. The summed E-state index contributed by atoms with van der Waals surface area (Å²) in [5.41, 5.74) is 7.52. The highest BCUT2D eigenvalue weighted by atomic mass is 14.9. The molecule has 16 heavy (non-hydrogen) atoms. The van der Waals surface area contributed by atoms with Crippen LogP contribution in [0.4, 0.5) is 0 Å². The van der Waals surface area contributed by atoms with Crippen molar-refractivity contribution in [2.75, 3.05) is 0 Å². The first kappa shape index (κ1) is 10.3. The minimum absolute atomic E-state index is 0.414. The molecule has 0 unspecified atom stereocenters. The summed E-state index contributed by atoms with van der Waals surface area (Å²) >= 11 is 0. The molecular weight excluding hydrogens is 200 g/mol. The maximum Gasteiger partial charge on any atom is 0.146 e. The SMILES string of the molecule is NC(=NCc1ccccc1)c1cnccn1. The average molecular weight is 212 g/mol. The number of hydrogen-bond donors (Lipinski definition) is 1. The average Bonchev–Trinajstić information content (AvgIpc) is 2.38. The third kappa shape index (κ3) is 2.63. The van der Waals surface area contributed by atoms with Crippen molar-refractivity contribution in [3.63, 3.8) is 0 Å². The monoisotopic (exact) mass is 212 g/mol. The number of nitrogens with zero attached hydrogens (tertiary/aromatic N) is 3. The van der Waals surface area contributed by atoms with Gasteiger partial charge >= 0.3 is 0 Å². The second-order valence-electron chi connectivity index (χ2n) is 3.28. The highest BCUT2D eigenvalue weighted by Crippen LogP contribution is 2.01. The molecule has 2 N–H and O–H groups in total. The van der Waals surface area contributed by atoms with Crippen molar-refractivity contribution in [2.24, 2.45) is 10.7 Å². The third-order valence-corrected chi connectivity index (χ3v) is 2.10. The Kier molecular flexibility index (Phi) is 3.23. The Morgan fingerprint density at radius 2 is 2.00 bits per heavy atom. The first-order valence-electron chi connectivity index (χ1n) is 4.96. The smallest absolute Gasteiger partial charge is 0.146 e. The number of aromatic nitrogens is 2. The lowest BCUT2D eigenvalue weighted by molar-refractivity contribution is 1.05. The summed E-state index contributed by atoms with van der Waals surface area (Å²) in [7, 11) is 0. The minimum atomic E-state index is 0.414. The molecule has 0 aliphatic heterocycles. The van der Waals surface area contributed by atoms with E-state index in [4.69, 9.17) is 5.73 Å². The van der Waals surface area contributed by atoms with Gasteiger partial charge in [0.05, 0.1) is 12.7 Å². The van der Waals surface area contributed by atoms with E-state index in [1.165, 1.54) is 0 Å². The zero-order chi connectivity index (χ0) is 11.2. The summed E-state index contributed by atoms with van der Waals surface area (Å²) in [6, 6.07) is 9.94. The predicted octanol–water partition coefficient (Wildman–Crippen LogP) is 1.38. The summed E-state index contributed by atoms with van der Waals surface area (Å²) < 4.78 is 0. The topological polar surface area (TPSA) is 64.2 Å². The first-order valence-corrected chi connectivity index (χ1v) is 4.96. The van der Waals surface area contributed by atoms with E-state index in [9.17, 15) is 0 Å². The second-order valence-corrected chi connectivity index (χ2v) is 3.28. The zero-order valence-electron chi connectivity index (χ0n) is 8.74. The number of nitrogens with two attached hydrogens (primary N) is 1. The molecule has 0 atom stereocenters. The van der Waals surface area contributed by atoms with E-state index in [0.717, 1.165) is 5.56 Å². The maximum atomic E-state index is 5.79. The number of aliphatic imine (C=N–C) groups is 1. The van der Waals surface area contributed by atoms with Crippen LogP contribution in [-0.2, 0) is 6.54 Å². The summed E-state index contributed by atoms with van der Waals surface area (Å²) in [6.07, 6.45) is 4.80. The van der Waals surface area contributed by atoms with Crippen LogP contribution >= 0.6 is 0 Å². The lowest BCUT2D eigenvalue weighted by Gasteiger charge is -1.99. The number of rotatable bonds is 3. The highest BCUT2D eigenvalue weighted by molar-refractivity contribution is 5.95. The van der Waals surface area contributed by atoms with Gasteiger partial charge in [-0.1, -0.05) is 30.3 Å². The van der Waals surface area contributed by atoms with E-state index in [1.807, 2.05) is 30.3 Å². The van der Waals surface area contributed by atoms with E-state index in [1.54, 1.807) is 18.6 Å². The zero-order valence-corrected chi connectivity index (χ0v) is 8.74. The van der Waals surface area contributed by atoms with Crippen molar-refractivity contribution in [2.45, 2.75) is 6.54 Å². The van der Waals surface area contributed by atoms with Crippen LogP contribution in [0, 0.1) is 0 Å². The van der Waals surface area contributed by atoms with Gasteiger partial charge in [-0.3, -0.25) is 9.98 Å². The van der Waals surface area contributed by atoms with E-state index in [0.29, 0.717) is 18.1 Å². The lowest BCUT2D eigenvalue weighted by atomic mass is 10.2. The normalized spacial score (nSPS) is 11.4. The molecule has 0 amide bonds. The molecule has 0 aliphatic carbocycles. The Bertz CT molecular complexity index is 465. The van der Waals surface area contributed by atoms with Crippen molar-refractivity contribution >= 4 is 5.84 Å². The van der Waals surface area contributed by atoms with Crippen LogP contribution in [0.5, 0.6) is 0 Å². The largest absolute Gasteiger partial charge is 0.382 e. The van der Waals surface area contributed by atoms with E-state index < -0.39 is 0 Å². The van der Waals surface area contributed by atoms with Gasteiger partial charge in [-0.2, -0.15) is 0 Å². The van der Waals surface area contributed by atoms with Gasteiger partial charge in [0.15, 0.2) is 0 Å². The molecular formula is C12H12N4. The van der Waals surface area contributed by atoms with Crippen LogP contribution in [0.25, 0.3) is 0 Å². The second kappa shape index (κ2) is 5.02. The molecule has 80 valence electrons. The summed E-state index contributed by atoms with van der Waals surface area (Å²) in [6.45, 7) is 0.559. The van der Waals surface area contributed by atoms with Crippen LogP contribution in [0.1, 0.15) is 11.3 Å². The van der Waals surface area contributed by atoms with Crippen molar-refractivity contribution in [3.05, 3.63) is 60.2 Å². The first-order chi connectivity index (χ1) is 7.86. The fourth-order valence-corrected chi connectivity index (χ4v) is 1.27. The molecule has 1 aromatic carbocycles. The van der Waals surface area contributed by atoms with E-state index >= 15 is 0 Å². The van der Waals surface area contributed by atoms with Gasteiger partial charge in [-0.15, -0.1) is 0 Å². The Hall–Kier alpha value is -2.23. The molecule has 0 bridgehead atoms. The van der Waals surface area contributed by atoms with E-state index in [2.05, 4.69) is 15.0 Å². The molecule has 0 spiro atoms. The van der Waals surface area contributed by atoms with Crippen molar-refractivity contribution < 1.29 is 0 Å². The van der Waals surface area contributed by atoms with Gasteiger partial charge in [0.2, 0.25) is 0 Å². The molecule has 0 radical (unpaired) electrons. The quantitative estimate of drug-likeness (QED) is 0.617. The van der Waals surface area contributed by atoms with Crippen LogP contribution in [0.15, 0.2) is 53.9 Å². The van der Waals surface area contributed by atoms with Crippen LogP contribution in [-0.4, -0.2) is 15.8 Å². The summed E-state index contributed by atoms with van der Waals surface area (Å²) in [5, 5.41) is 0. The number of hydrogen-bond acceptors (Lipinski definition) is 3. The molecule has 2 aromatic rings. The fourth-order valence-electron chi connectivity index (χ4n) is 1.27.